The molecule has 1 aliphatic rings. The van der Waals surface area contributed by atoms with Gasteiger partial charge in [-0.25, -0.2) is 0 Å². The van der Waals surface area contributed by atoms with Crippen molar-refractivity contribution in [3.8, 4) is 0 Å². The molecule has 7 nitrogen and oxygen atoms in total. The third kappa shape index (κ3) is 6.65. The van der Waals surface area contributed by atoms with Crippen LogP contribution < -0.4 is 16.0 Å². The highest BCUT2D eigenvalue weighted by molar-refractivity contribution is 5.98. The average molecular weight is 444 g/mol. The Morgan fingerprint density at radius 3 is 2.52 bits per heavy atom. The number of nitrogens with zero attached hydrogens (tertiary/aromatic N) is 2. The molecule has 2 amide bonds. The number of alkyl halides is 3. The highest BCUT2D eigenvalue weighted by Gasteiger charge is 2.36. The number of hydrogen-bond acceptors (Lipinski definition) is 5. The maximum Gasteiger partial charge on any atom is 0.418 e. The van der Waals surface area contributed by atoms with Crippen LogP contribution in [0.2, 0.25) is 0 Å². The molecule has 1 heterocycles. The molecule has 1 atom stereocenters. The van der Waals surface area contributed by atoms with E-state index in [1.54, 1.807) is 0 Å². The fourth-order valence-corrected chi connectivity index (χ4v) is 3.52. The summed E-state index contributed by atoms with van der Waals surface area (Å²) in [6, 6.07) is 2.67. The van der Waals surface area contributed by atoms with E-state index in [1.807, 2.05) is 32.6 Å². The number of anilines is 2. The number of amides is 2. The van der Waals surface area contributed by atoms with Crippen molar-refractivity contribution in [2.45, 2.75) is 39.9 Å². The van der Waals surface area contributed by atoms with Crippen LogP contribution in [0.25, 0.3) is 0 Å². The van der Waals surface area contributed by atoms with Crippen LogP contribution in [0, 0.1) is 5.41 Å². The van der Waals surface area contributed by atoms with Gasteiger partial charge in [0.25, 0.3) is 5.91 Å². The van der Waals surface area contributed by atoms with E-state index in [4.69, 9.17) is 10.5 Å². The number of halogens is 3. The summed E-state index contributed by atoms with van der Waals surface area (Å²) in [6.07, 6.45) is -4.72. The van der Waals surface area contributed by atoms with Crippen molar-refractivity contribution in [1.82, 2.24) is 4.90 Å². The highest BCUT2D eigenvalue weighted by Crippen LogP contribution is 2.37. The van der Waals surface area contributed by atoms with Crippen LogP contribution in [0.3, 0.4) is 0 Å². The normalized spacial score (nSPS) is 16.5. The zero-order valence-corrected chi connectivity index (χ0v) is 18.4. The van der Waals surface area contributed by atoms with Crippen molar-refractivity contribution in [2.75, 3.05) is 49.6 Å². The Hall–Kier alpha value is -2.17. The first kappa shape index (κ1) is 25.1. The Bertz CT molecular complexity index is 793. The van der Waals surface area contributed by atoms with Crippen LogP contribution in [0.5, 0.6) is 0 Å². The van der Waals surface area contributed by atoms with Crippen LogP contribution in [0.1, 0.15) is 33.3 Å². The number of nitrogens with one attached hydrogen (secondary N) is 1. The summed E-state index contributed by atoms with van der Waals surface area (Å²) in [5, 5.41) is 2.40. The number of morpholine rings is 1. The maximum atomic E-state index is 13.8. The summed E-state index contributed by atoms with van der Waals surface area (Å²) in [5.41, 5.74) is 4.40. The maximum absolute atomic E-state index is 13.8. The van der Waals surface area contributed by atoms with Gasteiger partial charge in [0.1, 0.15) is 12.6 Å². The highest BCUT2D eigenvalue weighted by atomic mass is 19.4. The van der Waals surface area contributed by atoms with Crippen LogP contribution >= 0.6 is 0 Å². The second kappa shape index (κ2) is 9.97. The third-order valence-electron chi connectivity index (χ3n) is 4.91. The van der Waals surface area contributed by atoms with Gasteiger partial charge < -0.3 is 20.7 Å². The molecule has 31 heavy (non-hydrogen) atoms. The van der Waals surface area contributed by atoms with Gasteiger partial charge in [-0.3, -0.25) is 14.5 Å². The molecule has 10 heteroatoms. The fraction of sp³-hybridized carbons (Fsp3) is 0.619. The van der Waals surface area contributed by atoms with Gasteiger partial charge in [-0.05, 0) is 30.2 Å². The molecule has 1 fully saturated rings. The first-order valence-electron chi connectivity index (χ1n) is 10.2. The van der Waals surface area contributed by atoms with E-state index in [0.717, 1.165) is 6.07 Å². The second-order valence-electron chi connectivity index (χ2n) is 8.69. The molecule has 1 aromatic carbocycles. The Kier molecular flexibility index (Phi) is 8.07. The number of carbonyl (C=O) groups is 2. The third-order valence-corrected chi connectivity index (χ3v) is 4.91. The number of carbonyl (C=O) groups excluding carboxylic acids is 2. The first-order valence-corrected chi connectivity index (χ1v) is 10.2. The van der Waals surface area contributed by atoms with E-state index in [9.17, 15) is 22.8 Å². The van der Waals surface area contributed by atoms with E-state index < -0.39 is 29.6 Å². The molecule has 0 aromatic heterocycles. The molecular weight excluding hydrogens is 413 g/mol. The molecular formula is C21H31F3N4O3. The number of likely N-dealkylation sites (N-methyl/N-ethyl adjacent to an activating group) is 1. The Morgan fingerprint density at radius 2 is 2.00 bits per heavy atom. The molecule has 0 saturated carbocycles. The Labute approximate surface area is 180 Å². The second-order valence-corrected chi connectivity index (χ2v) is 8.69. The summed E-state index contributed by atoms with van der Waals surface area (Å²) in [7, 11) is 0. The van der Waals surface area contributed by atoms with Crippen LogP contribution in [0.4, 0.5) is 24.5 Å². The molecule has 3 N–H and O–H groups in total. The average Bonchev–Trinajstić information content (AvgIpc) is 2.66. The topological polar surface area (TPSA) is 87.9 Å². The van der Waals surface area contributed by atoms with Gasteiger partial charge in [0.05, 0.1) is 17.9 Å². The van der Waals surface area contributed by atoms with E-state index in [2.05, 4.69) is 5.32 Å². The standard InChI is InChI=1S/C21H31F3N4O3/c1-5-27(13-20(2,3)4)17(11-25)19(30)26-16-7-6-14(10-15(16)21(22,23)24)28-8-9-31-12-18(28)29/h6-7,10,17H,5,8-9,11-13,25H2,1-4H3,(H,26,30)/t17-/m1/s1. The lowest BCUT2D eigenvalue weighted by Crippen LogP contribution is -2.51. The molecule has 2 rings (SSSR count). The largest absolute Gasteiger partial charge is 0.418 e. The van der Waals surface area contributed by atoms with Crippen LogP contribution in [-0.2, 0) is 20.5 Å². The molecule has 174 valence electrons. The lowest BCUT2D eigenvalue weighted by atomic mass is 9.95. The van der Waals surface area contributed by atoms with E-state index in [-0.39, 0.29) is 43.1 Å². The quantitative estimate of drug-likeness (QED) is 0.675. The lowest BCUT2D eigenvalue weighted by molar-refractivity contribution is -0.137. The first-order chi connectivity index (χ1) is 14.4. The van der Waals surface area contributed by atoms with E-state index in [0.29, 0.717) is 13.1 Å². The summed E-state index contributed by atoms with van der Waals surface area (Å²) in [4.78, 5) is 28.0. The van der Waals surface area contributed by atoms with E-state index >= 15 is 0 Å². The predicted molar refractivity (Wildman–Crippen MR) is 113 cm³/mol. The van der Waals surface area contributed by atoms with Gasteiger partial charge in [0.2, 0.25) is 5.91 Å². The molecule has 1 aliphatic heterocycles. The number of ether oxygens (including phenoxy) is 1. The number of hydrogen-bond donors (Lipinski definition) is 2. The van der Waals surface area contributed by atoms with Crippen molar-refractivity contribution in [2.24, 2.45) is 11.1 Å². The summed E-state index contributed by atoms with van der Waals surface area (Å²) >= 11 is 0. The number of rotatable bonds is 7. The number of nitrogens with two attached hydrogens (primary N) is 1. The molecule has 0 bridgehead atoms. The minimum absolute atomic E-state index is 0.0303. The van der Waals surface area contributed by atoms with Gasteiger partial charge >= 0.3 is 6.18 Å². The van der Waals surface area contributed by atoms with Crippen molar-refractivity contribution in [3.63, 3.8) is 0 Å². The Balaban J connectivity index is 2.32. The predicted octanol–water partition coefficient (Wildman–Crippen LogP) is 2.70. The zero-order chi connectivity index (χ0) is 23.4. The van der Waals surface area contributed by atoms with Gasteiger partial charge in [0, 0.05) is 25.3 Å². The van der Waals surface area contributed by atoms with Crippen LogP contribution in [0.15, 0.2) is 18.2 Å². The molecule has 0 aliphatic carbocycles. The Morgan fingerprint density at radius 1 is 1.32 bits per heavy atom. The lowest BCUT2D eigenvalue weighted by Gasteiger charge is -2.34. The summed E-state index contributed by atoms with van der Waals surface area (Å²) < 4.78 is 46.3. The van der Waals surface area contributed by atoms with Gasteiger partial charge in [-0.2, -0.15) is 13.2 Å². The molecule has 0 spiro atoms. The van der Waals surface area contributed by atoms with Crippen molar-refractivity contribution < 1.29 is 27.5 Å². The van der Waals surface area contributed by atoms with Crippen LogP contribution in [-0.4, -0.2) is 62.1 Å². The molecule has 0 unspecified atom stereocenters. The molecule has 0 radical (unpaired) electrons. The smallest absolute Gasteiger partial charge is 0.370 e. The zero-order valence-electron chi connectivity index (χ0n) is 18.4. The van der Waals surface area contributed by atoms with Gasteiger partial charge in [-0.1, -0.05) is 27.7 Å². The van der Waals surface area contributed by atoms with Gasteiger partial charge in [0.15, 0.2) is 0 Å². The molecule has 1 aromatic rings. The monoisotopic (exact) mass is 444 g/mol. The van der Waals surface area contributed by atoms with E-state index in [1.165, 1.54) is 17.0 Å². The van der Waals surface area contributed by atoms with Crippen molar-refractivity contribution >= 4 is 23.2 Å². The minimum Gasteiger partial charge on any atom is -0.370 e. The fourth-order valence-electron chi connectivity index (χ4n) is 3.52. The molecule has 1 saturated heterocycles. The number of benzene rings is 1. The SMILES string of the molecule is CCN(CC(C)(C)C)[C@H](CN)C(=O)Nc1ccc(N2CCOCC2=O)cc1C(F)(F)F. The summed E-state index contributed by atoms with van der Waals surface area (Å²) in [6.45, 7) is 9.17. The van der Waals surface area contributed by atoms with Crippen molar-refractivity contribution in [3.05, 3.63) is 23.8 Å². The van der Waals surface area contributed by atoms with Gasteiger partial charge in [-0.15, -0.1) is 0 Å². The minimum atomic E-state index is -4.72. The summed E-state index contributed by atoms with van der Waals surface area (Å²) in [5.74, 6) is -1.02. The van der Waals surface area contributed by atoms with Crippen molar-refractivity contribution in [1.29, 1.82) is 0 Å².